The average molecular weight is 392 g/mol. The van der Waals surface area contributed by atoms with E-state index >= 15 is 0 Å². The molecule has 0 saturated carbocycles. The Kier molecular flexibility index (Phi) is 4.96. The standard InChI is InChI=1S/C22H21FN4O2/c1-12-5-4-6-19(26-12)22(28)25-11-15-9-17-18(23)8-7-16(21(17)29-15)20-14(3)24-10-13(2)27-20/h4-8,10,15H,9,11H2,1-3H3,(H,25,28)/t15-/m1/s1. The van der Waals surface area contributed by atoms with E-state index in [1.807, 2.05) is 26.8 Å². The van der Waals surface area contributed by atoms with Crippen LogP contribution < -0.4 is 10.1 Å². The van der Waals surface area contributed by atoms with Gasteiger partial charge in [0.1, 0.15) is 23.4 Å². The lowest BCUT2D eigenvalue weighted by Crippen LogP contribution is -2.34. The number of aromatic nitrogens is 3. The molecule has 1 aromatic carbocycles. The Labute approximate surface area is 168 Å². The lowest BCUT2D eigenvalue weighted by atomic mass is 10.0. The van der Waals surface area contributed by atoms with E-state index in [1.165, 1.54) is 6.07 Å². The SMILES string of the molecule is Cc1cccc(C(=O)NC[C@H]2Cc3c(F)ccc(-c4nc(C)cnc4C)c3O2)n1. The van der Waals surface area contributed by atoms with E-state index in [0.29, 0.717) is 34.7 Å². The highest BCUT2D eigenvalue weighted by atomic mass is 19.1. The van der Waals surface area contributed by atoms with E-state index in [9.17, 15) is 9.18 Å². The number of benzene rings is 1. The van der Waals surface area contributed by atoms with Crippen molar-refractivity contribution in [2.45, 2.75) is 33.3 Å². The number of nitrogens with one attached hydrogen (secondary N) is 1. The number of ether oxygens (including phenoxy) is 1. The van der Waals surface area contributed by atoms with Crippen molar-refractivity contribution >= 4 is 5.91 Å². The molecule has 1 N–H and O–H groups in total. The fourth-order valence-corrected chi connectivity index (χ4v) is 3.42. The van der Waals surface area contributed by atoms with Gasteiger partial charge in [-0.1, -0.05) is 6.07 Å². The van der Waals surface area contributed by atoms with Crippen molar-refractivity contribution in [3.63, 3.8) is 0 Å². The van der Waals surface area contributed by atoms with Crippen molar-refractivity contribution in [1.82, 2.24) is 20.3 Å². The van der Waals surface area contributed by atoms with Gasteiger partial charge in [0.15, 0.2) is 0 Å². The summed E-state index contributed by atoms with van der Waals surface area (Å²) in [5, 5.41) is 2.83. The summed E-state index contributed by atoms with van der Waals surface area (Å²) in [7, 11) is 0. The number of hydrogen-bond acceptors (Lipinski definition) is 5. The summed E-state index contributed by atoms with van der Waals surface area (Å²) in [6.07, 6.45) is 1.70. The van der Waals surface area contributed by atoms with Crippen LogP contribution in [0.3, 0.4) is 0 Å². The Balaban J connectivity index is 1.54. The summed E-state index contributed by atoms with van der Waals surface area (Å²) in [5.74, 6) is -0.133. The zero-order valence-electron chi connectivity index (χ0n) is 16.5. The molecule has 0 unspecified atom stereocenters. The maximum atomic E-state index is 14.4. The third-order valence-electron chi connectivity index (χ3n) is 4.86. The topological polar surface area (TPSA) is 77.0 Å². The number of pyridine rings is 1. The molecule has 29 heavy (non-hydrogen) atoms. The number of rotatable bonds is 4. The second-order valence-corrected chi connectivity index (χ2v) is 7.17. The van der Waals surface area contributed by atoms with Crippen molar-refractivity contribution in [1.29, 1.82) is 0 Å². The fraction of sp³-hybridized carbons (Fsp3) is 0.273. The summed E-state index contributed by atoms with van der Waals surface area (Å²) in [6, 6.07) is 8.37. The molecule has 1 atom stereocenters. The zero-order chi connectivity index (χ0) is 20.5. The minimum atomic E-state index is -0.368. The van der Waals surface area contributed by atoms with Gasteiger partial charge in [-0.25, -0.2) is 14.4 Å². The normalized spacial score (nSPS) is 15.0. The number of nitrogens with zero attached hydrogens (tertiary/aromatic N) is 3. The molecule has 148 valence electrons. The van der Waals surface area contributed by atoms with Crippen molar-refractivity contribution < 1.29 is 13.9 Å². The maximum Gasteiger partial charge on any atom is 0.270 e. The van der Waals surface area contributed by atoms with Gasteiger partial charge in [-0.2, -0.15) is 0 Å². The molecule has 0 fully saturated rings. The molecule has 1 amide bonds. The Morgan fingerprint density at radius 3 is 2.79 bits per heavy atom. The van der Waals surface area contributed by atoms with E-state index in [0.717, 1.165) is 17.1 Å². The van der Waals surface area contributed by atoms with Gasteiger partial charge in [0.05, 0.1) is 23.6 Å². The van der Waals surface area contributed by atoms with E-state index < -0.39 is 0 Å². The minimum absolute atomic E-state index is 0.250. The number of fused-ring (bicyclic) bond motifs is 1. The predicted molar refractivity (Wildman–Crippen MR) is 106 cm³/mol. The Morgan fingerprint density at radius 1 is 1.17 bits per heavy atom. The summed E-state index contributed by atoms with van der Waals surface area (Å²) >= 11 is 0. The fourth-order valence-electron chi connectivity index (χ4n) is 3.42. The van der Waals surface area contributed by atoms with Gasteiger partial charge < -0.3 is 10.1 Å². The first-order valence-corrected chi connectivity index (χ1v) is 9.43. The van der Waals surface area contributed by atoms with E-state index in [2.05, 4.69) is 20.3 Å². The van der Waals surface area contributed by atoms with Gasteiger partial charge in [0.25, 0.3) is 5.91 Å². The molecule has 0 aliphatic carbocycles. The monoisotopic (exact) mass is 392 g/mol. The molecule has 6 nitrogen and oxygen atoms in total. The summed E-state index contributed by atoms with van der Waals surface area (Å²) < 4.78 is 20.5. The number of amides is 1. The van der Waals surface area contributed by atoms with Crippen LogP contribution in [0.25, 0.3) is 11.3 Å². The van der Waals surface area contributed by atoms with Crippen LogP contribution in [0.5, 0.6) is 5.75 Å². The predicted octanol–water partition coefficient (Wildman–Crippen LogP) is 3.34. The van der Waals surface area contributed by atoms with Crippen LogP contribution in [0.1, 0.15) is 33.1 Å². The highest BCUT2D eigenvalue weighted by molar-refractivity contribution is 5.92. The highest BCUT2D eigenvalue weighted by Crippen LogP contribution is 2.40. The van der Waals surface area contributed by atoms with E-state index in [4.69, 9.17) is 4.74 Å². The molecule has 0 saturated heterocycles. The third kappa shape index (κ3) is 3.81. The first-order chi connectivity index (χ1) is 13.9. The van der Waals surface area contributed by atoms with Crippen LogP contribution in [0.4, 0.5) is 4.39 Å². The summed E-state index contributed by atoms with van der Waals surface area (Å²) in [5.41, 5.74) is 4.52. The van der Waals surface area contributed by atoms with Gasteiger partial charge in [0, 0.05) is 29.4 Å². The largest absolute Gasteiger partial charge is 0.487 e. The molecule has 3 heterocycles. The molecule has 0 bridgehead atoms. The van der Waals surface area contributed by atoms with E-state index in [-0.39, 0.29) is 24.4 Å². The van der Waals surface area contributed by atoms with Crippen molar-refractivity contribution in [3.8, 4) is 17.0 Å². The molecule has 1 aliphatic heterocycles. The molecule has 0 spiro atoms. The molecule has 2 aromatic heterocycles. The first-order valence-electron chi connectivity index (χ1n) is 9.43. The second-order valence-electron chi connectivity index (χ2n) is 7.17. The van der Waals surface area contributed by atoms with Crippen LogP contribution in [0.2, 0.25) is 0 Å². The lowest BCUT2D eigenvalue weighted by molar-refractivity contribution is 0.0928. The van der Waals surface area contributed by atoms with Crippen LogP contribution >= 0.6 is 0 Å². The van der Waals surface area contributed by atoms with Crippen LogP contribution in [-0.4, -0.2) is 33.5 Å². The molecular weight excluding hydrogens is 371 g/mol. The van der Waals surface area contributed by atoms with Crippen molar-refractivity contribution in [3.05, 3.63) is 70.7 Å². The van der Waals surface area contributed by atoms with Crippen LogP contribution in [0.15, 0.2) is 36.5 Å². The Morgan fingerprint density at radius 2 is 2.00 bits per heavy atom. The molecule has 7 heteroatoms. The third-order valence-corrected chi connectivity index (χ3v) is 4.86. The maximum absolute atomic E-state index is 14.4. The lowest BCUT2D eigenvalue weighted by Gasteiger charge is -2.14. The van der Waals surface area contributed by atoms with Gasteiger partial charge >= 0.3 is 0 Å². The quantitative estimate of drug-likeness (QED) is 0.737. The van der Waals surface area contributed by atoms with E-state index in [1.54, 1.807) is 24.4 Å². The van der Waals surface area contributed by atoms with Gasteiger partial charge in [-0.3, -0.25) is 9.78 Å². The molecule has 0 radical (unpaired) electrons. The number of aryl methyl sites for hydroxylation is 3. The molecule has 4 rings (SSSR count). The molecule has 3 aromatic rings. The average Bonchev–Trinajstić information content (AvgIpc) is 3.14. The Bertz CT molecular complexity index is 1100. The summed E-state index contributed by atoms with van der Waals surface area (Å²) in [6.45, 7) is 5.80. The van der Waals surface area contributed by atoms with Crippen molar-refractivity contribution in [2.24, 2.45) is 0 Å². The van der Waals surface area contributed by atoms with Crippen LogP contribution in [0, 0.1) is 26.6 Å². The second kappa shape index (κ2) is 7.58. The molecular formula is C22H21FN4O2. The number of halogens is 1. The summed E-state index contributed by atoms with van der Waals surface area (Å²) in [4.78, 5) is 25.5. The highest BCUT2D eigenvalue weighted by Gasteiger charge is 2.30. The van der Waals surface area contributed by atoms with Gasteiger partial charge in [0.2, 0.25) is 0 Å². The minimum Gasteiger partial charge on any atom is -0.487 e. The Hall–Kier alpha value is -3.35. The number of hydrogen-bond donors (Lipinski definition) is 1. The van der Waals surface area contributed by atoms with Gasteiger partial charge in [-0.05, 0) is 45.0 Å². The smallest absolute Gasteiger partial charge is 0.270 e. The molecule has 1 aliphatic rings. The zero-order valence-corrected chi connectivity index (χ0v) is 16.5. The number of carbonyl (C=O) groups excluding carboxylic acids is 1. The first kappa shape index (κ1) is 19.0. The van der Waals surface area contributed by atoms with Crippen molar-refractivity contribution in [2.75, 3.05) is 6.54 Å². The van der Waals surface area contributed by atoms with Gasteiger partial charge in [-0.15, -0.1) is 0 Å². The van der Waals surface area contributed by atoms with Crippen LogP contribution in [-0.2, 0) is 6.42 Å². The number of carbonyl (C=O) groups is 1.